The van der Waals surface area contributed by atoms with E-state index in [9.17, 15) is 9.59 Å². The molecule has 6 heteroatoms. The van der Waals surface area contributed by atoms with Crippen molar-refractivity contribution < 1.29 is 14.7 Å². The summed E-state index contributed by atoms with van der Waals surface area (Å²) in [7, 11) is 0. The molecule has 0 spiro atoms. The van der Waals surface area contributed by atoms with Crippen LogP contribution in [0.2, 0.25) is 0 Å². The Kier molecular flexibility index (Phi) is 5.14. The maximum atomic E-state index is 11.9. The van der Waals surface area contributed by atoms with Crippen molar-refractivity contribution >= 4 is 17.7 Å². The van der Waals surface area contributed by atoms with Crippen LogP contribution < -0.4 is 10.2 Å². The number of aromatic nitrogens is 1. The maximum Gasteiger partial charge on any atom is 0.305 e. The number of hydrogen-bond acceptors (Lipinski definition) is 4. The van der Waals surface area contributed by atoms with E-state index in [2.05, 4.69) is 15.2 Å². The third kappa shape index (κ3) is 4.44. The Morgan fingerprint density at radius 1 is 1.38 bits per heavy atom. The van der Waals surface area contributed by atoms with Gasteiger partial charge in [0, 0.05) is 31.7 Å². The summed E-state index contributed by atoms with van der Waals surface area (Å²) < 4.78 is 0. The number of carboxylic acids is 1. The lowest BCUT2D eigenvalue weighted by atomic mass is 9.96. The number of anilines is 1. The van der Waals surface area contributed by atoms with Crippen LogP contribution in [0.25, 0.3) is 0 Å². The van der Waals surface area contributed by atoms with Crippen molar-refractivity contribution in [2.45, 2.75) is 26.2 Å². The first kappa shape index (κ1) is 15.3. The van der Waals surface area contributed by atoms with Crippen molar-refractivity contribution in [2.24, 2.45) is 5.92 Å². The number of nitrogens with zero attached hydrogens (tertiary/aromatic N) is 2. The summed E-state index contributed by atoms with van der Waals surface area (Å²) in [6, 6.07) is 4.04. The van der Waals surface area contributed by atoms with E-state index in [1.54, 1.807) is 0 Å². The molecule has 0 bridgehead atoms. The van der Waals surface area contributed by atoms with Crippen LogP contribution in [0.1, 0.15) is 24.8 Å². The van der Waals surface area contributed by atoms with Crippen LogP contribution in [0.5, 0.6) is 0 Å². The summed E-state index contributed by atoms with van der Waals surface area (Å²) in [5, 5.41) is 11.2. The summed E-state index contributed by atoms with van der Waals surface area (Å²) in [5.41, 5.74) is 1.13. The third-order valence-corrected chi connectivity index (χ3v) is 3.72. The highest BCUT2D eigenvalue weighted by atomic mass is 16.4. The Bertz CT molecular complexity index is 493. The normalized spacial score (nSPS) is 15.8. The zero-order valence-electron chi connectivity index (χ0n) is 12.2. The lowest BCUT2D eigenvalue weighted by molar-refractivity contribution is -0.137. The lowest BCUT2D eigenvalue weighted by Crippen LogP contribution is -2.41. The van der Waals surface area contributed by atoms with Gasteiger partial charge in [0.15, 0.2) is 0 Å². The first-order valence-corrected chi connectivity index (χ1v) is 7.23. The zero-order chi connectivity index (χ0) is 15.2. The number of carbonyl (C=O) groups is 2. The fourth-order valence-electron chi connectivity index (χ4n) is 2.45. The number of nitrogens with one attached hydrogen (secondary N) is 1. The van der Waals surface area contributed by atoms with Gasteiger partial charge >= 0.3 is 5.97 Å². The van der Waals surface area contributed by atoms with Crippen LogP contribution in [0.15, 0.2) is 18.3 Å². The van der Waals surface area contributed by atoms with Gasteiger partial charge in [-0.25, -0.2) is 4.98 Å². The number of piperidine rings is 1. The molecule has 1 fully saturated rings. The van der Waals surface area contributed by atoms with E-state index < -0.39 is 5.97 Å². The standard InChI is InChI=1S/C15H21N3O3/c1-11-2-3-13(17-10-11)18-8-5-12(6-9-18)15(21)16-7-4-14(19)20/h2-3,10,12H,4-9H2,1H3,(H,16,21)(H,19,20). The van der Waals surface area contributed by atoms with Gasteiger partial charge in [0.25, 0.3) is 0 Å². The number of amides is 1. The number of aliphatic carboxylic acids is 1. The van der Waals surface area contributed by atoms with E-state index in [1.807, 2.05) is 25.3 Å². The Hall–Kier alpha value is -2.11. The number of carbonyl (C=O) groups excluding carboxylic acids is 1. The van der Waals surface area contributed by atoms with Gasteiger partial charge in [-0.3, -0.25) is 9.59 Å². The highest BCUT2D eigenvalue weighted by molar-refractivity contribution is 5.79. The summed E-state index contributed by atoms with van der Waals surface area (Å²) in [6.07, 6.45) is 3.36. The molecule has 2 N–H and O–H groups in total. The minimum atomic E-state index is -0.893. The molecule has 0 unspecified atom stereocenters. The predicted molar refractivity (Wildman–Crippen MR) is 79.2 cm³/mol. The molecule has 0 saturated carbocycles. The number of pyridine rings is 1. The number of rotatable bonds is 5. The lowest BCUT2D eigenvalue weighted by Gasteiger charge is -2.32. The highest BCUT2D eigenvalue weighted by Crippen LogP contribution is 2.21. The molecule has 1 saturated heterocycles. The van der Waals surface area contributed by atoms with Crippen molar-refractivity contribution in [3.63, 3.8) is 0 Å². The largest absolute Gasteiger partial charge is 0.481 e. The minimum Gasteiger partial charge on any atom is -0.481 e. The van der Waals surface area contributed by atoms with Crippen LogP contribution in [-0.4, -0.2) is 41.6 Å². The van der Waals surface area contributed by atoms with E-state index in [0.29, 0.717) is 0 Å². The van der Waals surface area contributed by atoms with Crippen molar-refractivity contribution in [3.8, 4) is 0 Å². The second-order valence-electron chi connectivity index (χ2n) is 5.39. The Morgan fingerprint density at radius 3 is 2.67 bits per heavy atom. The molecule has 1 aliphatic heterocycles. The summed E-state index contributed by atoms with van der Waals surface area (Å²) in [5.74, 6) is -0.00541. The van der Waals surface area contributed by atoms with Gasteiger partial charge in [0.1, 0.15) is 5.82 Å². The second kappa shape index (κ2) is 7.06. The van der Waals surface area contributed by atoms with Crippen LogP contribution in [-0.2, 0) is 9.59 Å². The first-order valence-electron chi connectivity index (χ1n) is 7.23. The minimum absolute atomic E-state index is 0.0273. The molecule has 1 aliphatic rings. The summed E-state index contributed by atoms with van der Waals surface area (Å²) in [6.45, 7) is 3.80. The molecule has 1 aromatic heterocycles. The first-order chi connectivity index (χ1) is 10.1. The number of hydrogen-bond donors (Lipinski definition) is 2. The number of carboxylic acid groups (broad SMARTS) is 1. The van der Waals surface area contributed by atoms with Gasteiger partial charge in [-0.05, 0) is 31.4 Å². The topological polar surface area (TPSA) is 82.5 Å². The molecule has 1 amide bonds. The van der Waals surface area contributed by atoms with Gasteiger partial charge in [0.2, 0.25) is 5.91 Å². The molecule has 2 rings (SSSR count). The fourth-order valence-corrected chi connectivity index (χ4v) is 2.45. The van der Waals surface area contributed by atoms with Gasteiger partial charge < -0.3 is 15.3 Å². The average Bonchev–Trinajstić information content (AvgIpc) is 2.48. The SMILES string of the molecule is Cc1ccc(N2CCC(C(=O)NCCC(=O)O)CC2)nc1. The molecule has 0 atom stereocenters. The fraction of sp³-hybridized carbons (Fsp3) is 0.533. The third-order valence-electron chi connectivity index (χ3n) is 3.72. The van der Waals surface area contributed by atoms with Gasteiger partial charge in [-0.15, -0.1) is 0 Å². The van der Waals surface area contributed by atoms with Crippen LogP contribution in [0.4, 0.5) is 5.82 Å². The summed E-state index contributed by atoms with van der Waals surface area (Å²) >= 11 is 0. The number of aryl methyl sites for hydroxylation is 1. The van der Waals surface area contributed by atoms with E-state index in [4.69, 9.17) is 5.11 Å². The van der Waals surface area contributed by atoms with Crippen LogP contribution >= 0.6 is 0 Å². The molecule has 0 radical (unpaired) electrons. The highest BCUT2D eigenvalue weighted by Gasteiger charge is 2.25. The molecular formula is C15H21N3O3. The maximum absolute atomic E-state index is 11.9. The quantitative estimate of drug-likeness (QED) is 0.851. The molecule has 6 nitrogen and oxygen atoms in total. The Morgan fingerprint density at radius 2 is 2.10 bits per heavy atom. The van der Waals surface area contributed by atoms with Crippen molar-refractivity contribution in [1.29, 1.82) is 0 Å². The Balaban J connectivity index is 1.78. The predicted octanol–water partition coefficient (Wildman–Crippen LogP) is 1.20. The van der Waals surface area contributed by atoms with Crippen molar-refractivity contribution in [3.05, 3.63) is 23.9 Å². The van der Waals surface area contributed by atoms with E-state index in [1.165, 1.54) is 0 Å². The van der Waals surface area contributed by atoms with Crippen molar-refractivity contribution in [1.82, 2.24) is 10.3 Å². The molecule has 21 heavy (non-hydrogen) atoms. The van der Waals surface area contributed by atoms with Gasteiger partial charge in [-0.1, -0.05) is 6.07 Å². The molecule has 2 heterocycles. The average molecular weight is 291 g/mol. The second-order valence-corrected chi connectivity index (χ2v) is 5.39. The van der Waals surface area contributed by atoms with Crippen LogP contribution in [0, 0.1) is 12.8 Å². The molecule has 114 valence electrons. The molecule has 0 aromatic carbocycles. The smallest absolute Gasteiger partial charge is 0.305 e. The Labute approximate surface area is 124 Å². The van der Waals surface area contributed by atoms with E-state index >= 15 is 0 Å². The zero-order valence-corrected chi connectivity index (χ0v) is 12.2. The van der Waals surface area contributed by atoms with Gasteiger partial charge in [-0.2, -0.15) is 0 Å². The van der Waals surface area contributed by atoms with Gasteiger partial charge in [0.05, 0.1) is 6.42 Å². The molecular weight excluding hydrogens is 270 g/mol. The van der Waals surface area contributed by atoms with E-state index in [0.717, 1.165) is 37.3 Å². The van der Waals surface area contributed by atoms with Crippen molar-refractivity contribution in [2.75, 3.05) is 24.5 Å². The monoisotopic (exact) mass is 291 g/mol. The van der Waals surface area contributed by atoms with E-state index in [-0.39, 0.29) is 24.8 Å². The molecule has 1 aromatic rings. The molecule has 0 aliphatic carbocycles. The van der Waals surface area contributed by atoms with Crippen LogP contribution in [0.3, 0.4) is 0 Å². The summed E-state index contributed by atoms with van der Waals surface area (Å²) in [4.78, 5) is 28.9.